The Balaban J connectivity index is 1.46. The van der Waals surface area contributed by atoms with E-state index in [-0.39, 0.29) is 11.9 Å². The molecule has 1 heterocycles. The number of carbonyl (C=O) groups excluding carboxylic acids is 1. The minimum absolute atomic E-state index is 0.0192. The van der Waals surface area contributed by atoms with Gasteiger partial charge in [-0.15, -0.1) is 0 Å². The normalized spacial score (nSPS) is 10.6. The van der Waals surface area contributed by atoms with Gasteiger partial charge in [0.05, 0.1) is 5.02 Å². The lowest BCUT2D eigenvalue weighted by atomic mass is 10.0. The Morgan fingerprint density at radius 1 is 0.935 bits per heavy atom. The average molecular weight is 434 g/mol. The molecule has 0 saturated heterocycles. The standard InChI is InChI=1S/C24H20ClN3O3/c1-16(29)26-12-9-17-3-4-19-14-20(6-5-18(19)13-17)30-23-8-7-21(15-22(23)25)31-24-27-10-2-11-28-24/h2-8,10-11,13-15H,9,12H2,1H3,(H,26,29). The first kappa shape index (κ1) is 20.6. The fourth-order valence-electron chi connectivity index (χ4n) is 3.07. The highest BCUT2D eigenvalue weighted by molar-refractivity contribution is 6.32. The van der Waals surface area contributed by atoms with Crippen LogP contribution >= 0.6 is 11.6 Å². The minimum Gasteiger partial charge on any atom is -0.456 e. The van der Waals surface area contributed by atoms with E-state index in [0.717, 1.165) is 22.8 Å². The van der Waals surface area contributed by atoms with Gasteiger partial charge >= 0.3 is 6.01 Å². The largest absolute Gasteiger partial charge is 0.456 e. The van der Waals surface area contributed by atoms with Crippen LogP contribution in [0.25, 0.3) is 10.8 Å². The van der Waals surface area contributed by atoms with Crippen LogP contribution in [0, 0.1) is 0 Å². The molecule has 7 heteroatoms. The van der Waals surface area contributed by atoms with Crippen molar-refractivity contribution in [2.75, 3.05) is 6.54 Å². The van der Waals surface area contributed by atoms with Gasteiger partial charge in [0.2, 0.25) is 5.91 Å². The highest BCUT2D eigenvalue weighted by atomic mass is 35.5. The Hall–Kier alpha value is -3.64. The molecule has 3 aromatic carbocycles. The first-order valence-electron chi connectivity index (χ1n) is 9.76. The molecule has 156 valence electrons. The third-order valence-electron chi connectivity index (χ3n) is 4.55. The summed E-state index contributed by atoms with van der Waals surface area (Å²) in [6.07, 6.45) is 3.99. The summed E-state index contributed by atoms with van der Waals surface area (Å²) >= 11 is 6.38. The van der Waals surface area contributed by atoms with Crippen molar-refractivity contribution in [3.8, 4) is 23.3 Å². The summed E-state index contributed by atoms with van der Waals surface area (Å²) in [6, 6.07) is 19.2. The van der Waals surface area contributed by atoms with Gasteiger partial charge in [0.25, 0.3) is 0 Å². The quantitative estimate of drug-likeness (QED) is 0.414. The van der Waals surface area contributed by atoms with Crippen LogP contribution in [0.5, 0.6) is 23.3 Å². The van der Waals surface area contributed by atoms with Crippen molar-refractivity contribution in [3.63, 3.8) is 0 Å². The molecular weight excluding hydrogens is 414 g/mol. The van der Waals surface area contributed by atoms with Crippen molar-refractivity contribution >= 4 is 28.3 Å². The monoisotopic (exact) mass is 433 g/mol. The summed E-state index contributed by atoms with van der Waals surface area (Å²) in [5, 5.41) is 5.39. The van der Waals surface area contributed by atoms with Crippen molar-refractivity contribution in [1.82, 2.24) is 15.3 Å². The first-order chi connectivity index (χ1) is 15.1. The predicted octanol–water partition coefficient (Wildman–Crippen LogP) is 5.55. The first-order valence-corrected chi connectivity index (χ1v) is 10.1. The van der Waals surface area contributed by atoms with Crippen LogP contribution in [0.3, 0.4) is 0 Å². The van der Waals surface area contributed by atoms with Crippen LogP contribution in [-0.4, -0.2) is 22.4 Å². The fraction of sp³-hybridized carbons (Fsp3) is 0.125. The molecular formula is C24H20ClN3O3. The van der Waals surface area contributed by atoms with Gasteiger partial charge in [-0.2, -0.15) is 0 Å². The second kappa shape index (κ2) is 9.45. The number of benzene rings is 3. The summed E-state index contributed by atoms with van der Waals surface area (Å²) in [5.74, 6) is 1.71. The molecule has 4 rings (SSSR count). The van der Waals surface area contributed by atoms with E-state index in [1.807, 2.05) is 24.3 Å². The van der Waals surface area contributed by atoms with Gasteiger partial charge in [-0.1, -0.05) is 35.9 Å². The molecule has 1 N–H and O–H groups in total. The number of hydrogen-bond donors (Lipinski definition) is 1. The van der Waals surface area contributed by atoms with E-state index in [1.165, 1.54) is 6.92 Å². The van der Waals surface area contributed by atoms with E-state index in [4.69, 9.17) is 21.1 Å². The van der Waals surface area contributed by atoms with Crippen molar-refractivity contribution in [2.45, 2.75) is 13.3 Å². The number of nitrogens with one attached hydrogen (secondary N) is 1. The number of rotatable bonds is 7. The second-order valence-electron chi connectivity index (χ2n) is 6.90. The molecule has 6 nitrogen and oxygen atoms in total. The van der Waals surface area contributed by atoms with E-state index < -0.39 is 0 Å². The van der Waals surface area contributed by atoms with Gasteiger partial charge in [-0.25, -0.2) is 9.97 Å². The van der Waals surface area contributed by atoms with E-state index >= 15 is 0 Å². The maximum atomic E-state index is 11.0. The Morgan fingerprint density at radius 2 is 1.65 bits per heavy atom. The van der Waals surface area contributed by atoms with E-state index in [1.54, 1.807) is 36.7 Å². The molecule has 4 aromatic rings. The number of carbonyl (C=O) groups is 1. The summed E-state index contributed by atoms with van der Waals surface area (Å²) in [5.41, 5.74) is 1.16. The van der Waals surface area contributed by atoms with E-state index in [2.05, 4.69) is 27.4 Å². The zero-order valence-corrected chi connectivity index (χ0v) is 17.6. The molecule has 0 spiro atoms. The van der Waals surface area contributed by atoms with Gasteiger partial charge in [0, 0.05) is 31.9 Å². The van der Waals surface area contributed by atoms with Crippen molar-refractivity contribution in [3.05, 3.63) is 83.6 Å². The number of amides is 1. The number of ether oxygens (including phenoxy) is 2. The van der Waals surface area contributed by atoms with Gasteiger partial charge in [-0.3, -0.25) is 4.79 Å². The number of hydrogen-bond acceptors (Lipinski definition) is 5. The van der Waals surface area contributed by atoms with Crippen molar-refractivity contribution < 1.29 is 14.3 Å². The molecule has 0 radical (unpaired) electrons. The predicted molar refractivity (Wildman–Crippen MR) is 120 cm³/mol. The SMILES string of the molecule is CC(=O)NCCc1ccc2cc(Oc3ccc(Oc4ncccn4)cc3Cl)ccc2c1. The number of nitrogens with zero attached hydrogens (tertiary/aromatic N) is 2. The van der Waals surface area contributed by atoms with E-state index in [0.29, 0.717) is 28.8 Å². The van der Waals surface area contributed by atoms with Gasteiger partial charge in [-0.05, 0) is 53.1 Å². The lowest BCUT2D eigenvalue weighted by Gasteiger charge is -2.11. The summed E-state index contributed by atoms with van der Waals surface area (Å²) in [7, 11) is 0. The Kier molecular flexibility index (Phi) is 6.29. The molecule has 1 amide bonds. The molecule has 0 fully saturated rings. The molecule has 1 aromatic heterocycles. The highest BCUT2D eigenvalue weighted by Gasteiger charge is 2.08. The van der Waals surface area contributed by atoms with Crippen LogP contribution in [0.2, 0.25) is 5.02 Å². The molecule has 0 saturated carbocycles. The Labute approximate surface area is 184 Å². The van der Waals surface area contributed by atoms with Crippen LogP contribution < -0.4 is 14.8 Å². The molecule has 31 heavy (non-hydrogen) atoms. The second-order valence-corrected chi connectivity index (χ2v) is 7.31. The third kappa shape index (κ3) is 5.49. The lowest BCUT2D eigenvalue weighted by molar-refractivity contribution is -0.118. The molecule has 0 aliphatic heterocycles. The zero-order chi connectivity index (χ0) is 21.6. The smallest absolute Gasteiger partial charge is 0.321 e. The van der Waals surface area contributed by atoms with Crippen LogP contribution in [0.15, 0.2) is 73.1 Å². The maximum Gasteiger partial charge on any atom is 0.321 e. The number of halogens is 1. The van der Waals surface area contributed by atoms with Gasteiger partial charge < -0.3 is 14.8 Å². The molecule has 0 unspecified atom stereocenters. The maximum absolute atomic E-state index is 11.0. The number of fused-ring (bicyclic) bond motifs is 1. The summed E-state index contributed by atoms with van der Waals surface area (Å²) in [4.78, 5) is 19.1. The molecule has 0 aliphatic carbocycles. The molecule has 0 bridgehead atoms. The third-order valence-corrected chi connectivity index (χ3v) is 4.84. The lowest BCUT2D eigenvalue weighted by Crippen LogP contribution is -2.22. The van der Waals surface area contributed by atoms with Gasteiger partial charge in [0.15, 0.2) is 0 Å². The van der Waals surface area contributed by atoms with Crippen LogP contribution in [-0.2, 0) is 11.2 Å². The Bertz CT molecular complexity index is 1220. The minimum atomic E-state index is -0.0192. The number of aromatic nitrogens is 2. The van der Waals surface area contributed by atoms with Gasteiger partial charge in [0.1, 0.15) is 17.2 Å². The van der Waals surface area contributed by atoms with Crippen molar-refractivity contribution in [1.29, 1.82) is 0 Å². The fourth-order valence-corrected chi connectivity index (χ4v) is 3.28. The average Bonchev–Trinajstić information content (AvgIpc) is 2.76. The van der Waals surface area contributed by atoms with Crippen LogP contribution in [0.4, 0.5) is 0 Å². The Morgan fingerprint density at radius 3 is 2.42 bits per heavy atom. The van der Waals surface area contributed by atoms with E-state index in [9.17, 15) is 4.79 Å². The topological polar surface area (TPSA) is 73.3 Å². The summed E-state index contributed by atoms with van der Waals surface area (Å²) < 4.78 is 11.6. The molecule has 0 atom stereocenters. The van der Waals surface area contributed by atoms with Crippen LogP contribution in [0.1, 0.15) is 12.5 Å². The molecule has 0 aliphatic rings. The zero-order valence-electron chi connectivity index (χ0n) is 16.8. The van der Waals surface area contributed by atoms with Crippen molar-refractivity contribution in [2.24, 2.45) is 0 Å². The summed E-state index contributed by atoms with van der Waals surface area (Å²) in [6.45, 7) is 2.14. The highest BCUT2D eigenvalue weighted by Crippen LogP contribution is 2.34.